The quantitative estimate of drug-likeness (QED) is 0.906. The second-order valence-corrected chi connectivity index (χ2v) is 6.19. The Balaban J connectivity index is 2.12. The molecule has 0 saturated heterocycles. The summed E-state index contributed by atoms with van der Waals surface area (Å²) in [5.74, 6) is 0. The molecule has 0 amide bonds. The lowest BCUT2D eigenvalue weighted by molar-refractivity contribution is 0.0988. The number of aromatic nitrogens is 2. The SMILES string of the molecule is CC(C)n1ccc(CC(O)C(C)(C)c2ccccc2)n1. The average molecular weight is 272 g/mol. The lowest BCUT2D eigenvalue weighted by Crippen LogP contribution is -2.35. The summed E-state index contributed by atoms with van der Waals surface area (Å²) in [6.45, 7) is 8.35. The molecule has 3 nitrogen and oxygen atoms in total. The van der Waals surface area contributed by atoms with Crippen molar-refractivity contribution in [1.82, 2.24) is 9.78 Å². The van der Waals surface area contributed by atoms with E-state index in [9.17, 15) is 5.11 Å². The monoisotopic (exact) mass is 272 g/mol. The highest BCUT2D eigenvalue weighted by Crippen LogP contribution is 2.28. The molecule has 1 atom stereocenters. The first kappa shape index (κ1) is 14.8. The third kappa shape index (κ3) is 3.10. The summed E-state index contributed by atoms with van der Waals surface area (Å²) in [4.78, 5) is 0. The molecule has 1 N–H and O–H groups in total. The van der Waals surface area contributed by atoms with E-state index in [-0.39, 0.29) is 5.41 Å². The van der Waals surface area contributed by atoms with Gasteiger partial charge in [-0.3, -0.25) is 4.68 Å². The van der Waals surface area contributed by atoms with Crippen LogP contribution in [-0.2, 0) is 11.8 Å². The van der Waals surface area contributed by atoms with Crippen molar-refractivity contribution in [2.75, 3.05) is 0 Å². The topological polar surface area (TPSA) is 38.0 Å². The molecule has 0 fully saturated rings. The van der Waals surface area contributed by atoms with E-state index in [1.165, 1.54) is 0 Å². The first-order valence-corrected chi connectivity index (χ1v) is 7.19. The van der Waals surface area contributed by atoms with Gasteiger partial charge in [-0.15, -0.1) is 0 Å². The van der Waals surface area contributed by atoms with Crippen LogP contribution in [0.3, 0.4) is 0 Å². The van der Waals surface area contributed by atoms with E-state index < -0.39 is 6.10 Å². The minimum Gasteiger partial charge on any atom is -0.392 e. The minimum absolute atomic E-state index is 0.289. The van der Waals surface area contributed by atoms with Gasteiger partial charge in [0.05, 0.1) is 11.8 Å². The van der Waals surface area contributed by atoms with Crippen molar-refractivity contribution >= 4 is 0 Å². The molecule has 1 unspecified atom stereocenters. The summed E-state index contributed by atoms with van der Waals surface area (Å²) >= 11 is 0. The molecule has 0 saturated carbocycles. The van der Waals surface area contributed by atoms with Crippen molar-refractivity contribution in [2.24, 2.45) is 0 Å². The molecule has 1 heterocycles. The molecule has 2 rings (SSSR count). The number of aliphatic hydroxyl groups is 1. The normalized spacial score (nSPS) is 13.7. The Morgan fingerprint density at radius 2 is 1.80 bits per heavy atom. The van der Waals surface area contributed by atoms with Gasteiger partial charge in [-0.2, -0.15) is 5.10 Å². The Hall–Kier alpha value is -1.61. The molecule has 3 heteroatoms. The van der Waals surface area contributed by atoms with Crippen LogP contribution in [0, 0.1) is 0 Å². The van der Waals surface area contributed by atoms with Crippen molar-refractivity contribution in [1.29, 1.82) is 0 Å². The smallest absolute Gasteiger partial charge is 0.0687 e. The fraction of sp³-hybridized carbons (Fsp3) is 0.471. The molecular weight excluding hydrogens is 248 g/mol. The minimum atomic E-state index is -0.458. The van der Waals surface area contributed by atoms with E-state index in [0.717, 1.165) is 11.3 Å². The van der Waals surface area contributed by atoms with Crippen LogP contribution < -0.4 is 0 Å². The maximum absolute atomic E-state index is 10.6. The van der Waals surface area contributed by atoms with E-state index in [2.05, 4.69) is 44.9 Å². The zero-order chi connectivity index (χ0) is 14.8. The van der Waals surface area contributed by atoms with Crippen LogP contribution in [0.25, 0.3) is 0 Å². The van der Waals surface area contributed by atoms with E-state index in [0.29, 0.717) is 12.5 Å². The van der Waals surface area contributed by atoms with E-state index in [4.69, 9.17) is 0 Å². The van der Waals surface area contributed by atoms with Gasteiger partial charge < -0.3 is 5.11 Å². The molecule has 20 heavy (non-hydrogen) atoms. The summed E-state index contributed by atoms with van der Waals surface area (Å²) in [6.07, 6.45) is 2.09. The summed E-state index contributed by atoms with van der Waals surface area (Å²) in [5.41, 5.74) is 1.80. The highest BCUT2D eigenvalue weighted by molar-refractivity contribution is 5.25. The fourth-order valence-corrected chi connectivity index (χ4v) is 2.29. The van der Waals surface area contributed by atoms with Crippen LogP contribution in [0.2, 0.25) is 0 Å². The van der Waals surface area contributed by atoms with Gasteiger partial charge in [-0.25, -0.2) is 0 Å². The number of aliphatic hydroxyl groups excluding tert-OH is 1. The van der Waals surface area contributed by atoms with Crippen LogP contribution in [0.4, 0.5) is 0 Å². The van der Waals surface area contributed by atoms with Crippen molar-refractivity contribution in [3.63, 3.8) is 0 Å². The number of benzene rings is 1. The molecule has 108 valence electrons. The van der Waals surface area contributed by atoms with Crippen molar-refractivity contribution < 1.29 is 5.11 Å². The Morgan fingerprint density at radius 1 is 1.15 bits per heavy atom. The van der Waals surface area contributed by atoms with Gasteiger partial charge in [0.1, 0.15) is 0 Å². The van der Waals surface area contributed by atoms with Gasteiger partial charge >= 0.3 is 0 Å². The molecule has 0 aliphatic heterocycles. The summed E-state index contributed by atoms with van der Waals surface area (Å²) < 4.78 is 1.93. The largest absolute Gasteiger partial charge is 0.392 e. The molecule has 0 bridgehead atoms. The summed E-state index contributed by atoms with van der Waals surface area (Å²) in [5, 5.41) is 15.1. The molecule has 0 radical (unpaired) electrons. The predicted molar refractivity (Wildman–Crippen MR) is 81.8 cm³/mol. The van der Waals surface area contributed by atoms with E-state index in [1.54, 1.807) is 0 Å². The second-order valence-electron chi connectivity index (χ2n) is 6.19. The number of rotatable bonds is 5. The van der Waals surface area contributed by atoms with Gasteiger partial charge in [0.2, 0.25) is 0 Å². The van der Waals surface area contributed by atoms with Crippen LogP contribution in [0.15, 0.2) is 42.6 Å². The van der Waals surface area contributed by atoms with Crippen LogP contribution in [-0.4, -0.2) is 21.0 Å². The van der Waals surface area contributed by atoms with Crippen molar-refractivity contribution in [3.05, 3.63) is 53.9 Å². The lowest BCUT2D eigenvalue weighted by Gasteiger charge is -2.30. The lowest BCUT2D eigenvalue weighted by atomic mass is 9.78. The number of nitrogens with zero attached hydrogens (tertiary/aromatic N) is 2. The highest BCUT2D eigenvalue weighted by Gasteiger charge is 2.30. The Bertz CT molecular complexity index is 543. The maximum atomic E-state index is 10.6. The van der Waals surface area contributed by atoms with E-state index in [1.807, 2.05) is 35.1 Å². The zero-order valence-electron chi connectivity index (χ0n) is 12.7. The van der Waals surface area contributed by atoms with Crippen molar-refractivity contribution in [2.45, 2.75) is 51.7 Å². The zero-order valence-corrected chi connectivity index (χ0v) is 12.7. The van der Waals surface area contributed by atoms with Gasteiger partial charge in [0.15, 0.2) is 0 Å². The molecular formula is C17H24N2O. The predicted octanol–water partition coefficient (Wildman–Crippen LogP) is 3.35. The standard InChI is InChI=1S/C17H24N2O/c1-13(2)19-11-10-15(18-19)12-16(20)17(3,4)14-8-6-5-7-9-14/h5-11,13,16,20H,12H2,1-4H3. The van der Waals surface area contributed by atoms with Gasteiger partial charge in [0, 0.05) is 24.1 Å². The van der Waals surface area contributed by atoms with Gasteiger partial charge in [0.25, 0.3) is 0 Å². The molecule has 0 aliphatic carbocycles. The van der Waals surface area contributed by atoms with Crippen LogP contribution in [0.5, 0.6) is 0 Å². The Morgan fingerprint density at radius 3 is 2.35 bits per heavy atom. The first-order valence-electron chi connectivity index (χ1n) is 7.19. The van der Waals surface area contributed by atoms with Gasteiger partial charge in [-0.05, 0) is 25.5 Å². The summed E-state index contributed by atoms with van der Waals surface area (Å²) in [6, 6.07) is 12.5. The maximum Gasteiger partial charge on any atom is 0.0687 e. The Kier molecular flexibility index (Phi) is 4.29. The molecule has 1 aromatic heterocycles. The number of hydrogen-bond acceptors (Lipinski definition) is 2. The van der Waals surface area contributed by atoms with Crippen LogP contribution in [0.1, 0.15) is 45.0 Å². The van der Waals surface area contributed by atoms with Gasteiger partial charge in [-0.1, -0.05) is 44.2 Å². The third-order valence-corrected chi connectivity index (χ3v) is 3.95. The molecule has 2 aromatic rings. The fourth-order valence-electron chi connectivity index (χ4n) is 2.29. The van der Waals surface area contributed by atoms with E-state index >= 15 is 0 Å². The molecule has 0 aliphatic rings. The Labute approximate surface area is 121 Å². The second kappa shape index (κ2) is 5.80. The van der Waals surface area contributed by atoms with Crippen LogP contribution >= 0.6 is 0 Å². The highest BCUT2D eigenvalue weighted by atomic mass is 16.3. The van der Waals surface area contributed by atoms with Crippen molar-refractivity contribution in [3.8, 4) is 0 Å². The average Bonchev–Trinajstić information content (AvgIpc) is 2.88. The first-order chi connectivity index (χ1) is 9.41. The summed E-state index contributed by atoms with van der Waals surface area (Å²) in [7, 11) is 0. The molecule has 1 aromatic carbocycles. The number of hydrogen-bond donors (Lipinski definition) is 1. The third-order valence-electron chi connectivity index (χ3n) is 3.95. The molecule has 0 spiro atoms.